The predicted molar refractivity (Wildman–Crippen MR) is 101 cm³/mol. The fourth-order valence-electron chi connectivity index (χ4n) is 3.60. The van der Waals surface area contributed by atoms with Gasteiger partial charge in [-0.3, -0.25) is 4.98 Å². The molecule has 1 aromatic heterocycles. The first-order valence-corrected chi connectivity index (χ1v) is 9.26. The van der Waals surface area contributed by atoms with Crippen molar-refractivity contribution in [2.24, 2.45) is 4.99 Å². The number of hydrogen-bond acceptors (Lipinski definition) is 3. The van der Waals surface area contributed by atoms with Gasteiger partial charge in [0.15, 0.2) is 5.17 Å². The lowest BCUT2D eigenvalue weighted by molar-refractivity contribution is 0.320. The molecule has 0 bridgehead atoms. The molecular formula is C20H17N3S. The highest BCUT2D eigenvalue weighted by Crippen LogP contribution is 2.35. The summed E-state index contributed by atoms with van der Waals surface area (Å²) < 4.78 is 0. The third-order valence-corrected chi connectivity index (χ3v) is 5.98. The number of thioether (sulfide) groups is 1. The number of nitrogens with zero attached hydrogens (tertiary/aromatic N) is 3. The van der Waals surface area contributed by atoms with E-state index in [-0.39, 0.29) is 0 Å². The van der Waals surface area contributed by atoms with E-state index in [1.807, 2.05) is 36.2 Å². The molecule has 3 nitrogen and oxygen atoms in total. The lowest BCUT2D eigenvalue weighted by Crippen LogP contribution is -2.38. The molecule has 4 heteroatoms. The Bertz CT molecular complexity index is 945. The standard InChI is InChI=1S/C20H17N3S/c1-2-6-15-12-23-16(11-14(15)5-1)13-24-20(23)22-19-9-3-8-18-17(19)7-4-10-21-18/h1-10,16H,11-13H2. The van der Waals surface area contributed by atoms with Crippen LogP contribution in [0.4, 0.5) is 5.69 Å². The quantitative estimate of drug-likeness (QED) is 0.662. The van der Waals surface area contributed by atoms with Crippen molar-refractivity contribution in [1.29, 1.82) is 0 Å². The molecule has 0 aliphatic carbocycles. The van der Waals surface area contributed by atoms with Crippen LogP contribution < -0.4 is 0 Å². The lowest BCUT2D eigenvalue weighted by atomic mass is 9.95. The molecule has 24 heavy (non-hydrogen) atoms. The highest BCUT2D eigenvalue weighted by atomic mass is 32.2. The van der Waals surface area contributed by atoms with Crippen LogP contribution in [0.2, 0.25) is 0 Å². The maximum absolute atomic E-state index is 5.01. The molecule has 2 aromatic carbocycles. The van der Waals surface area contributed by atoms with Gasteiger partial charge in [-0.25, -0.2) is 4.99 Å². The van der Waals surface area contributed by atoms with E-state index in [9.17, 15) is 0 Å². The lowest BCUT2D eigenvalue weighted by Gasteiger charge is -2.32. The van der Waals surface area contributed by atoms with Crippen LogP contribution in [0.1, 0.15) is 11.1 Å². The summed E-state index contributed by atoms with van der Waals surface area (Å²) in [7, 11) is 0. The molecule has 1 saturated heterocycles. The zero-order chi connectivity index (χ0) is 15.9. The monoisotopic (exact) mass is 331 g/mol. The highest BCUT2D eigenvalue weighted by Gasteiger charge is 2.34. The van der Waals surface area contributed by atoms with Gasteiger partial charge in [-0.2, -0.15) is 0 Å². The van der Waals surface area contributed by atoms with Gasteiger partial charge in [-0.05, 0) is 41.8 Å². The van der Waals surface area contributed by atoms with Crippen molar-refractivity contribution in [1.82, 2.24) is 9.88 Å². The van der Waals surface area contributed by atoms with Crippen molar-refractivity contribution < 1.29 is 0 Å². The van der Waals surface area contributed by atoms with Crippen molar-refractivity contribution in [2.75, 3.05) is 5.75 Å². The average Bonchev–Trinajstić information content (AvgIpc) is 3.02. The first kappa shape index (κ1) is 14.1. The van der Waals surface area contributed by atoms with Crippen LogP contribution in [0.15, 0.2) is 65.8 Å². The molecule has 2 aliphatic heterocycles. The Kier molecular flexibility index (Phi) is 3.30. The normalized spacial score (nSPS) is 21.1. The summed E-state index contributed by atoms with van der Waals surface area (Å²) in [6, 6.07) is 19.6. The first-order chi connectivity index (χ1) is 11.9. The number of aromatic nitrogens is 1. The Morgan fingerprint density at radius 1 is 1.00 bits per heavy atom. The maximum atomic E-state index is 5.01. The van der Waals surface area contributed by atoms with Gasteiger partial charge >= 0.3 is 0 Å². The number of aliphatic imine (C=N–C) groups is 1. The van der Waals surface area contributed by atoms with Crippen molar-refractivity contribution in [3.63, 3.8) is 0 Å². The molecule has 5 rings (SSSR count). The zero-order valence-corrected chi connectivity index (χ0v) is 14.0. The second-order valence-electron chi connectivity index (χ2n) is 6.31. The molecule has 3 heterocycles. The molecule has 0 N–H and O–H groups in total. The molecule has 1 unspecified atom stereocenters. The topological polar surface area (TPSA) is 28.5 Å². The maximum Gasteiger partial charge on any atom is 0.165 e. The molecule has 0 amide bonds. The average molecular weight is 331 g/mol. The van der Waals surface area contributed by atoms with E-state index in [0.29, 0.717) is 6.04 Å². The Hall–Kier alpha value is -2.33. The zero-order valence-electron chi connectivity index (χ0n) is 13.2. The molecule has 118 valence electrons. The van der Waals surface area contributed by atoms with Crippen LogP contribution in [-0.2, 0) is 13.0 Å². The molecular weight excluding hydrogens is 314 g/mol. The van der Waals surface area contributed by atoms with Gasteiger partial charge in [0.1, 0.15) is 0 Å². The highest BCUT2D eigenvalue weighted by molar-refractivity contribution is 8.14. The predicted octanol–water partition coefficient (Wildman–Crippen LogP) is 4.40. The summed E-state index contributed by atoms with van der Waals surface area (Å²) in [5.41, 5.74) is 4.95. The number of hydrogen-bond donors (Lipinski definition) is 0. The Labute approximate surface area is 145 Å². The summed E-state index contributed by atoms with van der Waals surface area (Å²) in [5.74, 6) is 1.12. The van der Waals surface area contributed by atoms with Gasteiger partial charge in [0.25, 0.3) is 0 Å². The van der Waals surface area contributed by atoms with Gasteiger partial charge in [0.2, 0.25) is 0 Å². The number of benzene rings is 2. The first-order valence-electron chi connectivity index (χ1n) is 8.27. The van der Waals surface area contributed by atoms with Crippen LogP contribution in [-0.4, -0.2) is 26.8 Å². The summed E-state index contributed by atoms with van der Waals surface area (Å²) in [4.78, 5) is 11.9. The second kappa shape index (κ2) is 5.64. The molecule has 1 atom stereocenters. The summed E-state index contributed by atoms with van der Waals surface area (Å²) in [6.45, 7) is 0.968. The Morgan fingerprint density at radius 3 is 2.88 bits per heavy atom. The van der Waals surface area contributed by atoms with E-state index < -0.39 is 0 Å². The third-order valence-electron chi connectivity index (χ3n) is 4.84. The van der Waals surface area contributed by atoms with E-state index >= 15 is 0 Å². The van der Waals surface area contributed by atoms with Gasteiger partial charge in [0, 0.05) is 29.9 Å². The molecule has 1 fully saturated rings. The van der Waals surface area contributed by atoms with Gasteiger partial charge in [0.05, 0.1) is 11.2 Å². The van der Waals surface area contributed by atoms with E-state index in [1.54, 1.807) is 0 Å². The summed E-state index contributed by atoms with van der Waals surface area (Å²) in [5, 5.41) is 2.26. The molecule has 3 aromatic rings. The number of fused-ring (bicyclic) bond motifs is 3. The van der Waals surface area contributed by atoms with Gasteiger partial charge in [-0.15, -0.1) is 0 Å². The van der Waals surface area contributed by atoms with E-state index in [1.165, 1.54) is 11.1 Å². The van der Waals surface area contributed by atoms with Crippen molar-refractivity contribution in [2.45, 2.75) is 19.0 Å². The fourth-order valence-corrected chi connectivity index (χ4v) is 4.78. The minimum absolute atomic E-state index is 0.566. The van der Waals surface area contributed by atoms with E-state index in [0.717, 1.165) is 40.5 Å². The van der Waals surface area contributed by atoms with Gasteiger partial charge < -0.3 is 4.90 Å². The van der Waals surface area contributed by atoms with Crippen LogP contribution in [0.5, 0.6) is 0 Å². The molecule has 0 radical (unpaired) electrons. The van der Waals surface area contributed by atoms with E-state index in [2.05, 4.69) is 46.3 Å². The number of rotatable bonds is 1. The minimum atomic E-state index is 0.566. The largest absolute Gasteiger partial charge is 0.343 e. The summed E-state index contributed by atoms with van der Waals surface area (Å²) in [6.07, 6.45) is 2.96. The number of pyridine rings is 1. The van der Waals surface area contributed by atoms with Crippen LogP contribution in [0.25, 0.3) is 10.9 Å². The SMILES string of the molecule is c1ccc2c(c1)CC1CSC(=Nc3cccc4ncccc34)N1C2. The number of amidine groups is 1. The Morgan fingerprint density at radius 2 is 1.92 bits per heavy atom. The minimum Gasteiger partial charge on any atom is -0.343 e. The molecule has 2 aliphatic rings. The van der Waals surface area contributed by atoms with Crippen molar-refractivity contribution >= 4 is 33.5 Å². The van der Waals surface area contributed by atoms with E-state index in [4.69, 9.17) is 4.99 Å². The smallest absolute Gasteiger partial charge is 0.165 e. The third kappa shape index (κ3) is 2.29. The van der Waals surface area contributed by atoms with Crippen LogP contribution in [0, 0.1) is 0 Å². The van der Waals surface area contributed by atoms with Crippen LogP contribution >= 0.6 is 11.8 Å². The van der Waals surface area contributed by atoms with Crippen molar-refractivity contribution in [3.05, 3.63) is 71.9 Å². The van der Waals surface area contributed by atoms with Crippen LogP contribution in [0.3, 0.4) is 0 Å². The second-order valence-corrected chi connectivity index (χ2v) is 7.29. The Balaban J connectivity index is 1.55. The molecule has 0 saturated carbocycles. The van der Waals surface area contributed by atoms with Gasteiger partial charge in [-0.1, -0.05) is 42.1 Å². The summed E-state index contributed by atoms with van der Waals surface area (Å²) >= 11 is 1.88. The fraction of sp³-hybridized carbons (Fsp3) is 0.200. The van der Waals surface area contributed by atoms with Crippen molar-refractivity contribution in [3.8, 4) is 0 Å². The molecule has 0 spiro atoms.